The minimum atomic E-state index is -1.04. The lowest BCUT2D eigenvalue weighted by Gasteiger charge is -2.35. The summed E-state index contributed by atoms with van der Waals surface area (Å²) in [7, 11) is 0. The molecule has 1 heterocycles. The smallest absolute Gasteiger partial charge is 0.256 e. The molecule has 0 saturated carbocycles. The predicted molar refractivity (Wildman–Crippen MR) is 104 cm³/mol. The molecule has 0 radical (unpaired) electrons. The summed E-state index contributed by atoms with van der Waals surface area (Å²) in [5.41, 5.74) is 1.88. The zero-order chi connectivity index (χ0) is 19.3. The van der Waals surface area contributed by atoms with E-state index in [4.69, 9.17) is 4.74 Å². The second-order valence-electron chi connectivity index (χ2n) is 6.67. The van der Waals surface area contributed by atoms with Gasteiger partial charge in [0, 0.05) is 6.54 Å². The number of ether oxygens (including phenoxy) is 1. The zero-order valence-electron chi connectivity index (χ0n) is 15.4. The van der Waals surface area contributed by atoms with E-state index in [1.165, 1.54) is 6.08 Å². The van der Waals surface area contributed by atoms with Crippen molar-refractivity contribution in [3.63, 3.8) is 0 Å². The second kappa shape index (κ2) is 8.18. The lowest BCUT2D eigenvalue weighted by atomic mass is 9.87. The van der Waals surface area contributed by atoms with Crippen LogP contribution < -0.4 is 10.6 Å². The van der Waals surface area contributed by atoms with Gasteiger partial charge >= 0.3 is 0 Å². The Hall–Kier alpha value is -2.92. The number of benzene rings is 2. The molecule has 27 heavy (non-hydrogen) atoms. The fourth-order valence-corrected chi connectivity index (χ4v) is 3.37. The molecule has 2 amide bonds. The van der Waals surface area contributed by atoms with Gasteiger partial charge in [0.25, 0.3) is 5.91 Å². The highest BCUT2D eigenvalue weighted by molar-refractivity contribution is 5.88. The van der Waals surface area contributed by atoms with Crippen LogP contribution in [0.3, 0.4) is 0 Å². The van der Waals surface area contributed by atoms with E-state index in [1.807, 2.05) is 54.6 Å². The molecule has 0 saturated heterocycles. The summed E-state index contributed by atoms with van der Waals surface area (Å²) >= 11 is 0. The Morgan fingerprint density at radius 3 is 2.63 bits per heavy atom. The molecule has 2 atom stereocenters. The van der Waals surface area contributed by atoms with Crippen LogP contribution in [0.25, 0.3) is 0 Å². The van der Waals surface area contributed by atoms with Crippen molar-refractivity contribution in [3.8, 4) is 0 Å². The van der Waals surface area contributed by atoms with Gasteiger partial charge < -0.3 is 15.4 Å². The number of nitrogens with one attached hydrogen (secondary N) is 2. The molecule has 0 spiro atoms. The summed E-state index contributed by atoms with van der Waals surface area (Å²) in [6.45, 7) is 6.03. The van der Waals surface area contributed by atoms with Crippen molar-refractivity contribution in [2.45, 2.75) is 25.0 Å². The molecule has 5 nitrogen and oxygen atoms in total. The van der Waals surface area contributed by atoms with Crippen molar-refractivity contribution in [2.24, 2.45) is 0 Å². The molecule has 2 aromatic carbocycles. The van der Waals surface area contributed by atoms with Crippen molar-refractivity contribution in [3.05, 3.63) is 83.9 Å². The van der Waals surface area contributed by atoms with Crippen LogP contribution in [0.5, 0.6) is 0 Å². The first-order valence-electron chi connectivity index (χ1n) is 9.03. The first-order chi connectivity index (χ1) is 13.0. The Bertz CT molecular complexity index is 834. The average Bonchev–Trinajstić information content (AvgIpc) is 2.71. The van der Waals surface area contributed by atoms with E-state index in [9.17, 15) is 9.59 Å². The van der Waals surface area contributed by atoms with Gasteiger partial charge in [0.2, 0.25) is 5.91 Å². The maximum absolute atomic E-state index is 13.0. The number of rotatable bonds is 6. The fraction of sp³-hybridized carbons (Fsp3) is 0.273. The summed E-state index contributed by atoms with van der Waals surface area (Å²) < 4.78 is 5.88. The summed E-state index contributed by atoms with van der Waals surface area (Å²) in [5, 5.41) is 5.81. The lowest BCUT2D eigenvalue weighted by molar-refractivity contribution is -0.148. The number of amides is 2. The van der Waals surface area contributed by atoms with Crippen molar-refractivity contribution >= 4 is 11.8 Å². The highest BCUT2D eigenvalue weighted by Gasteiger charge is 2.40. The minimum Gasteiger partial charge on any atom is -0.360 e. The normalized spacial score (nSPS) is 19.4. The maximum atomic E-state index is 13.0. The van der Waals surface area contributed by atoms with Crippen LogP contribution in [-0.4, -0.2) is 25.0 Å². The van der Waals surface area contributed by atoms with E-state index < -0.39 is 5.60 Å². The lowest BCUT2D eigenvalue weighted by Crippen LogP contribution is -2.49. The average molecular weight is 364 g/mol. The summed E-state index contributed by atoms with van der Waals surface area (Å²) in [5.74, 6) is -0.507. The van der Waals surface area contributed by atoms with Crippen molar-refractivity contribution in [2.75, 3.05) is 13.2 Å². The Labute approximate surface area is 159 Å². The predicted octanol–water partition coefficient (Wildman–Crippen LogP) is 2.63. The van der Waals surface area contributed by atoms with Crippen LogP contribution in [0.1, 0.15) is 29.7 Å². The standard InChI is InChI=1S/C22H24N2O3/c1-3-20(25)24-19(17-10-5-4-6-11-17)15-23-21(26)22(2)18-12-8-7-9-16(18)13-14-27-22/h3-12,19H,1,13-15H2,2H3,(H,23,26)(H,24,25). The van der Waals surface area contributed by atoms with Crippen molar-refractivity contribution in [1.82, 2.24) is 10.6 Å². The molecule has 3 rings (SSSR count). The largest absolute Gasteiger partial charge is 0.360 e. The van der Waals surface area contributed by atoms with Crippen LogP contribution in [0.4, 0.5) is 0 Å². The van der Waals surface area contributed by atoms with E-state index in [0.717, 1.165) is 23.1 Å². The molecule has 0 aromatic heterocycles. The first kappa shape index (κ1) is 18.9. The third kappa shape index (κ3) is 4.09. The topological polar surface area (TPSA) is 67.4 Å². The molecule has 0 aliphatic carbocycles. The number of hydrogen-bond acceptors (Lipinski definition) is 3. The summed E-state index contributed by atoms with van der Waals surface area (Å²) in [4.78, 5) is 24.8. The van der Waals surface area contributed by atoms with E-state index in [2.05, 4.69) is 17.2 Å². The fourth-order valence-electron chi connectivity index (χ4n) is 3.37. The van der Waals surface area contributed by atoms with Crippen LogP contribution in [0, 0.1) is 0 Å². The molecule has 5 heteroatoms. The number of carbonyl (C=O) groups is 2. The highest BCUT2D eigenvalue weighted by Crippen LogP contribution is 2.33. The van der Waals surface area contributed by atoms with Gasteiger partial charge in [0.05, 0.1) is 12.6 Å². The third-order valence-electron chi connectivity index (χ3n) is 4.90. The van der Waals surface area contributed by atoms with Gasteiger partial charge in [-0.1, -0.05) is 61.2 Å². The van der Waals surface area contributed by atoms with Crippen LogP contribution in [0.15, 0.2) is 67.3 Å². The molecule has 0 fully saturated rings. The van der Waals surface area contributed by atoms with Gasteiger partial charge in [-0.25, -0.2) is 0 Å². The van der Waals surface area contributed by atoms with Crippen LogP contribution in [-0.2, 0) is 26.3 Å². The van der Waals surface area contributed by atoms with Gasteiger partial charge in [0.1, 0.15) is 0 Å². The Balaban J connectivity index is 1.76. The molecule has 2 N–H and O–H groups in total. The quantitative estimate of drug-likeness (QED) is 0.775. The molecule has 140 valence electrons. The van der Waals surface area contributed by atoms with E-state index in [1.54, 1.807) is 6.92 Å². The van der Waals surface area contributed by atoms with Crippen LogP contribution in [0.2, 0.25) is 0 Å². The first-order valence-corrected chi connectivity index (χ1v) is 9.03. The maximum Gasteiger partial charge on any atom is 0.256 e. The molecule has 1 aliphatic rings. The highest BCUT2D eigenvalue weighted by atomic mass is 16.5. The van der Waals surface area contributed by atoms with E-state index in [-0.39, 0.29) is 24.4 Å². The monoisotopic (exact) mass is 364 g/mol. The molecular formula is C22H24N2O3. The summed E-state index contributed by atoms with van der Waals surface area (Å²) in [6.07, 6.45) is 2.01. The number of carbonyl (C=O) groups excluding carboxylic acids is 2. The Morgan fingerprint density at radius 2 is 1.89 bits per heavy atom. The van der Waals surface area contributed by atoms with Gasteiger partial charge in [-0.3, -0.25) is 9.59 Å². The van der Waals surface area contributed by atoms with Gasteiger partial charge in [-0.2, -0.15) is 0 Å². The second-order valence-corrected chi connectivity index (χ2v) is 6.67. The van der Waals surface area contributed by atoms with Crippen LogP contribution >= 0.6 is 0 Å². The van der Waals surface area contributed by atoms with E-state index >= 15 is 0 Å². The molecule has 0 bridgehead atoms. The third-order valence-corrected chi connectivity index (χ3v) is 4.90. The SMILES string of the molecule is C=CC(=O)NC(CNC(=O)C1(C)OCCc2ccccc21)c1ccccc1. The number of hydrogen-bond donors (Lipinski definition) is 2. The molecule has 1 aliphatic heterocycles. The Morgan fingerprint density at radius 1 is 1.19 bits per heavy atom. The van der Waals surface area contributed by atoms with E-state index in [0.29, 0.717) is 6.61 Å². The molecule has 2 aromatic rings. The minimum absolute atomic E-state index is 0.219. The van der Waals surface area contributed by atoms with Gasteiger partial charge in [0.15, 0.2) is 5.60 Å². The zero-order valence-corrected chi connectivity index (χ0v) is 15.4. The summed E-state index contributed by atoms with van der Waals surface area (Å²) in [6, 6.07) is 17.0. The van der Waals surface area contributed by atoms with Gasteiger partial charge in [-0.05, 0) is 36.1 Å². The van der Waals surface area contributed by atoms with Gasteiger partial charge in [-0.15, -0.1) is 0 Å². The number of fused-ring (bicyclic) bond motifs is 1. The van der Waals surface area contributed by atoms with Crippen molar-refractivity contribution < 1.29 is 14.3 Å². The molecule has 2 unspecified atom stereocenters. The van der Waals surface area contributed by atoms with Crippen molar-refractivity contribution in [1.29, 1.82) is 0 Å². The Kier molecular flexibility index (Phi) is 5.72. The molecular weight excluding hydrogens is 340 g/mol.